The first-order valence-electron chi connectivity index (χ1n) is 6.75. The van der Waals surface area contributed by atoms with Crippen LogP contribution in [0.5, 0.6) is 0 Å². The van der Waals surface area contributed by atoms with Gasteiger partial charge in [0.2, 0.25) is 5.91 Å². The third kappa shape index (κ3) is 4.24. The molecule has 20 heavy (non-hydrogen) atoms. The van der Waals surface area contributed by atoms with Gasteiger partial charge in [0, 0.05) is 18.3 Å². The van der Waals surface area contributed by atoms with Gasteiger partial charge in [-0.2, -0.15) is 0 Å². The Morgan fingerprint density at radius 3 is 2.80 bits per heavy atom. The number of urea groups is 1. The predicted octanol–water partition coefficient (Wildman–Crippen LogP) is 0.934. The monoisotopic (exact) mass is 276 g/mol. The average Bonchev–Trinajstić information content (AvgIpc) is 3.22. The number of benzene rings is 1. The summed E-state index contributed by atoms with van der Waals surface area (Å²) in [6, 6.07) is 6.60. The Bertz CT molecular complexity index is 500. The number of nitrogens with two attached hydrogens (primary N) is 1. The third-order valence-corrected chi connectivity index (χ3v) is 3.09. The minimum absolute atomic E-state index is 0.154. The van der Waals surface area contributed by atoms with E-state index in [4.69, 9.17) is 5.73 Å². The lowest BCUT2D eigenvalue weighted by Crippen LogP contribution is -2.46. The smallest absolute Gasteiger partial charge is 0.319 e. The number of anilines is 1. The molecule has 6 nitrogen and oxygen atoms in total. The molecule has 1 atom stereocenters. The van der Waals surface area contributed by atoms with Crippen LogP contribution in [0.25, 0.3) is 0 Å². The molecule has 0 saturated heterocycles. The highest BCUT2D eigenvalue weighted by atomic mass is 16.2. The molecule has 1 aliphatic carbocycles. The van der Waals surface area contributed by atoms with E-state index in [0.717, 1.165) is 18.4 Å². The Morgan fingerprint density at radius 2 is 2.15 bits per heavy atom. The second kappa shape index (κ2) is 6.38. The van der Waals surface area contributed by atoms with Crippen LogP contribution in [0.2, 0.25) is 0 Å². The van der Waals surface area contributed by atoms with Crippen LogP contribution >= 0.6 is 0 Å². The van der Waals surface area contributed by atoms with Crippen LogP contribution < -0.4 is 21.7 Å². The zero-order valence-corrected chi connectivity index (χ0v) is 11.5. The van der Waals surface area contributed by atoms with Gasteiger partial charge in [-0.05, 0) is 37.5 Å². The molecule has 0 aromatic heterocycles. The molecule has 0 radical (unpaired) electrons. The summed E-state index contributed by atoms with van der Waals surface area (Å²) in [5, 5.41) is 8.13. The number of rotatable bonds is 5. The van der Waals surface area contributed by atoms with Crippen LogP contribution in [0, 0.1) is 0 Å². The Kier molecular flexibility index (Phi) is 4.57. The van der Waals surface area contributed by atoms with Gasteiger partial charge < -0.3 is 21.7 Å². The second-order valence-corrected chi connectivity index (χ2v) is 5.01. The molecule has 0 aliphatic heterocycles. The van der Waals surface area contributed by atoms with E-state index in [9.17, 15) is 9.59 Å². The van der Waals surface area contributed by atoms with Crippen LogP contribution in [-0.4, -0.2) is 24.0 Å². The standard InChI is InChI=1S/C14H20N4O2/c1-9(13(19)17-11-5-6-11)16-14(20)18-12-4-2-3-10(7-12)8-15/h2-4,7,9,11H,5-6,8,15H2,1H3,(H,17,19)(H2,16,18,20). The van der Waals surface area contributed by atoms with Gasteiger partial charge in [0.15, 0.2) is 0 Å². The summed E-state index contributed by atoms with van der Waals surface area (Å²) in [5.41, 5.74) is 7.13. The maximum absolute atomic E-state index is 11.8. The van der Waals surface area contributed by atoms with Gasteiger partial charge in [-0.25, -0.2) is 4.79 Å². The van der Waals surface area contributed by atoms with Crippen molar-refractivity contribution in [3.63, 3.8) is 0 Å². The summed E-state index contributed by atoms with van der Waals surface area (Å²) in [6.07, 6.45) is 2.05. The number of nitrogens with one attached hydrogen (secondary N) is 3. The molecule has 1 fully saturated rings. The van der Waals surface area contributed by atoms with E-state index in [1.165, 1.54) is 0 Å². The summed E-state index contributed by atoms with van der Waals surface area (Å²) in [6.45, 7) is 2.07. The Hall–Kier alpha value is -2.08. The second-order valence-electron chi connectivity index (χ2n) is 5.01. The molecular weight excluding hydrogens is 256 g/mol. The van der Waals surface area contributed by atoms with Gasteiger partial charge in [0.1, 0.15) is 6.04 Å². The summed E-state index contributed by atoms with van der Waals surface area (Å²) in [5.74, 6) is -0.154. The summed E-state index contributed by atoms with van der Waals surface area (Å²) in [4.78, 5) is 23.5. The number of carbonyl (C=O) groups is 2. The summed E-state index contributed by atoms with van der Waals surface area (Å²) < 4.78 is 0. The fraction of sp³-hybridized carbons (Fsp3) is 0.429. The molecule has 0 bridgehead atoms. The summed E-state index contributed by atoms with van der Waals surface area (Å²) in [7, 11) is 0. The van der Waals surface area contributed by atoms with Crippen molar-refractivity contribution in [1.29, 1.82) is 0 Å². The van der Waals surface area contributed by atoms with Gasteiger partial charge in [-0.3, -0.25) is 4.79 Å². The number of carbonyl (C=O) groups excluding carboxylic acids is 2. The Morgan fingerprint density at radius 1 is 1.40 bits per heavy atom. The SMILES string of the molecule is CC(NC(=O)Nc1cccc(CN)c1)C(=O)NC1CC1. The molecule has 0 heterocycles. The van der Waals surface area contributed by atoms with Gasteiger partial charge in [-0.15, -0.1) is 0 Å². The van der Waals surface area contributed by atoms with E-state index < -0.39 is 12.1 Å². The molecule has 1 unspecified atom stereocenters. The van der Waals surface area contributed by atoms with Crippen LogP contribution in [-0.2, 0) is 11.3 Å². The summed E-state index contributed by atoms with van der Waals surface area (Å²) >= 11 is 0. The largest absolute Gasteiger partial charge is 0.352 e. The average molecular weight is 276 g/mol. The minimum Gasteiger partial charge on any atom is -0.352 e. The van der Waals surface area contributed by atoms with Crippen molar-refractivity contribution in [1.82, 2.24) is 10.6 Å². The first-order chi connectivity index (χ1) is 9.58. The Labute approximate surface area is 118 Å². The van der Waals surface area contributed by atoms with E-state index in [-0.39, 0.29) is 11.9 Å². The van der Waals surface area contributed by atoms with E-state index in [0.29, 0.717) is 12.2 Å². The molecule has 6 heteroatoms. The highest BCUT2D eigenvalue weighted by Crippen LogP contribution is 2.18. The third-order valence-electron chi connectivity index (χ3n) is 3.09. The van der Waals surface area contributed by atoms with Crippen molar-refractivity contribution in [2.75, 3.05) is 5.32 Å². The lowest BCUT2D eigenvalue weighted by molar-refractivity contribution is -0.122. The minimum atomic E-state index is -0.562. The van der Waals surface area contributed by atoms with Crippen LogP contribution in [0.4, 0.5) is 10.5 Å². The molecule has 108 valence electrons. The van der Waals surface area contributed by atoms with Crippen molar-refractivity contribution in [2.45, 2.75) is 38.4 Å². The quantitative estimate of drug-likeness (QED) is 0.644. The number of hydrogen-bond acceptors (Lipinski definition) is 3. The van der Waals surface area contributed by atoms with Gasteiger partial charge in [0.05, 0.1) is 0 Å². The fourth-order valence-corrected chi connectivity index (χ4v) is 1.76. The number of hydrogen-bond donors (Lipinski definition) is 4. The van der Waals surface area contributed by atoms with E-state index >= 15 is 0 Å². The van der Waals surface area contributed by atoms with Crippen molar-refractivity contribution in [3.05, 3.63) is 29.8 Å². The van der Waals surface area contributed by atoms with Gasteiger partial charge in [0.25, 0.3) is 0 Å². The van der Waals surface area contributed by atoms with E-state index in [1.807, 2.05) is 12.1 Å². The van der Waals surface area contributed by atoms with Crippen LogP contribution in [0.15, 0.2) is 24.3 Å². The molecule has 2 rings (SSSR count). The normalized spacial score (nSPS) is 15.3. The van der Waals surface area contributed by atoms with Crippen molar-refractivity contribution >= 4 is 17.6 Å². The van der Waals surface area contributed by atoms with Gasteiger partial charge in [-0.1, -0.05) is 12.1 Å². The van der Waals surface area contributed by atoms with Crippen LogP contribution in [0.1, 0.15) is 25.3 Å². The molecule has 1 saturated carbocycles. The van der Waals surface area contributed by atoms with Crippen molar-refractivity contribution in [3.8, 4) is 0 Å². The highest BCUT2D eigenvalue weighted by molar-refractivity contribution is 5.93. The lowest BCUT2D eigenvalue weighted by Gasteiger charge is -2.14. The van der Waals surface area contributed by atoms with Crippen molar-refractivity contribution in [2.24, 2.45) is 5.73 Å². The molecule has 1 aromatic carbocycles. The van der Waals surface area contributed by atoms with E-state index in [2.05, 4.69) is 16.0 Å². The highest BCUT2D eigenvalue weighted by Gasteiger charge is 2.26. The molecule has 0 spiro atoms. The predicted molar refractivity (Wildman–Crippen MR) is 77.1 cm³/mol. The Balaban J connectivity index is 1.82. The first kappa shape index (κ1) is 14.3. The maximum Gasteiger partial charge on any atom is 0.319 e. The van der Waals surface area contributed by atoms with Crippen molar-refractivity contribution < 1.29 is 9.59 Å². The molecule has 3 amide bonds. The zero-order valence-electron chi connectivity index (χ0n) is 11.5. The van der Waals surface area contributed by atoms with Gasteiger partial charge >= 0.3 is 6.03 Å². The zero-order chi connectivity index (χ0) is 14.5. The molecule has 1 aliphatic rings. The van der Waals surface area contributed by atoms with Crippen LogP contribution in [0.3, 0.4) is 0 Å². The number of amides is 3. The molecular formula is C14H20N4O2. The molecule has 5 N–H and O–H groups in total. The van der Waals surface area contributed by atoms with E-state index in [1.54, 1.807) is 19.1 Å². The fourth-order valence-electron chi connectivity index (χ4n) is 1.76. The molecule has 1 aromatic rings. The first-order valence-corrected chi connectivity index (χ1v) is 6.75. The lowest BCUT2D eigenvalue weighted by atomic mass is 10.2. The topological polar surface area (TPSA) is 96.2 Å². The maximum atomic E-state index is 11.8.